The van der Waals surface area contributed by atoms with Crippen LogP contribution in [0.1, 0.15) is 44.0 Å². The summed E-state index contributed by atoms with van der Waals surface area (Å²) in [6.45, 7) is 0. The predicted octanol–water partition coefficient (Wildman–Crippen LogP) is 4.72. The second-order valence-corrected chi connectivity index (χ2v) is 7.02. The molecule has 22 heavy (non-hydrogen) atoms. The van der Waals surface area contributed by atoms with Gasteiger partial charge in [-0.05, 0) is 37.0 Å². The van der Waals surface area contributed by atoms with Crippen molar-refractivity contribution in [3.63, 3.8) is 0 Å². The van der Waals surface area contributed by atoms with Crippen LogP contribution in [0, 0.1) is 5.92 Å². The zero-order valence-electron chi connectivity index (χ0n) is 12.3. The quantitative estimate of drug-likeness (QED) is 0.718. The summed E-state index contributed by atoms with van der Waals surface area (Å²) in [7, 11) is 0. The Morgan fingerprint density at radius 1 is 1.18 bits per heavy atom. The molecule has 1 aliphatic rings. The molecule has 0 amide bonds. The highest BCUT2D eigenvalue weighted by atomic mass is 79.9. The lowest BCUT2D eigenvalue weighted by Crippen LogP contribution is -2.25. The van der Waals surface area contributed by atoms with Crippen LogP contribution in [0.5, 0.6) is 0 Å². The van der Waals surface area contributed by atoms with E-state index in [1.165, 1.54) is 32.1 Å². The molecule has 1 atom stereocenters. The molecule has 114 valence electrons. The minimum Gasteiger partial charge on any atom is -0.453 e. The zero-order chi connectivity index (χ0) is 15.1. The first kappa shape index (κ1) is 14.2. The number of nitrogens with zero attached hydrogens (tertiary/aromatic N) is 2. The van der Waals surface area contributed by atoms with Crippen molar-refractivity contribution in [2.45, 2.75) is 38.1 Å². The molecule has 0 spiro atoms. The largest absolute Gasteiger partial charge is 0.453 e. The number of fused-ring (bicyclic) bond motifs is 3. The van der Waals surface area contributed by atoms with E-state index in [-0.39, 0.29) is 6.04 Å². The molecule has 2 N–H and O–H groups in total. The Bertz CT molecular complexity index is 823. The lowest BCUT2D eigenvalue weighted by Gasteiger charge is -2.26. The zero-order valence-corrected chi connectivity index (χ0v) is 13.8. The Kier molecular flexibility index (Phi) is 3.62. The predicted molar refractivity (Wildman–Crippen MR) is 90.5 cm³/mol. The number of furan rings is 1. The van der Waals surface area contributed by atoms with E-state index in [4.69, 9.17) is 15.1 Å². The summed E-state index contributed by atoms with van der Waals surface area (Å²) in [5.41, 5.74) is 8.84. The maximum absolute atomic E-state index is 6.44. The molecule has 0 radical (unpaired) electrons. The Morgan fingerprint density at radius 3 is 2.82 bits per heavy atom. The molecule has 2 aromatic heterocycles. The van der Waals surface area contributed by atoms with Gasteiger partial charge >= 0.3 is 0 Å². The molecule has 1 aliphatic carbocycles. The third-order valence-electron chi connectivity index (χ3n) is 4.65. The average Bonchev–Trinajstić information content (AvgIpc) is 2.92. The third-order valence-corrected chi connectivity index (χ3v) is 5.14. The molecule has 4 rings (SSSR count). The summed E-state index contributed by atoms with van der Waals surface area (Å²) in [5.74, 6) is 1.23. The molecule has 5 heteroatoms. The van der Waals surface area contributed by atoms with Crippen molar-refractivity contribution in [3.8, 4) is 0 Å². The van der Waals surface area contributed by atoms with Gasteiger partial charge in [-0.2, -0.15) is 0 Å². The summed E-state index contributed by atoms with van der Waals surface area (Å²) in [5, 5.41) is 1.00. The molecule has 1 aromatic carbocycles. The normalized spacial score (nSPS) is 18.1. The van der Waals surface area contributed by atoms with Gasteiger partial charge in [-0.3, -0.25) is 0 Å². The average molecular weight is 360 g/mol. The first-order valence-corrected chi connectivity index (χ1v) is 8.62. The third kappa shape index (κ3) is 2.42. The minimum atomic E-state index is -0.0817. The van der Waals surface area contributed by atoms with Crippen molar-refractivity contribution >= 4 is 38.0 Å². The molecule has 0 saturated heterocycles. The van der Waals surface area contributed by atoms with Crippen molar-refractivity contribution in [2.24, 2.45) is 11.7 Å². The van der Waals surface area contributed by atoms with E-state index in [1.54, 1.807) is 6.20 Å². The van der Waals surface area contributed by atoms with E-state index >= 15 is 0 Å². The van der Waals surface area contributed by atoms with E-state index in [9.17, 15) is 0 Å². The molecule has 2 heterocycles. The summed E-state index contributed by atoms with van der Waals surface area (Å²) < 4.78 is 6.81. The van der Waals surface area contributed by atoms with Gasteiger partial charge in [0.2, 0.25) is 0 Å². The Labute approximate surface area is 137 Å². The summed E-state index contributed by atoms with van der Waals surface area (Å²) in [6.07, 6.45) is 7.97. The van der Waals surface area contributed by atoms with Crippen LogP contribution >= 0.6 is 15.9 Å². The van der Waals surface area contributed by atoms with Crippen LogP contribution in [-0.2, 0) is 0 Å². The highest BCUT2D eigenvalue weighted by molar-refractivity contribution is 9.10. The van der Waals surface area contributed by atoms with Gasteiger partial charge in [0, 0.05) is 9.86 Å². The monoisotopic (exact) mass is 359 g/mol. The van der Waals surface area contributed by atoms with Gasteiger partial charge in [0.05, 0.1) is 12.2 Å². The first-order chi connectivity index (χ1) is 10.7. The molecular weight excluding hydrogens is 342 g/mol. The number of hydrogen-bond acceptors (Lipinski definition) is 4. The van der Waals surface area contributed by atoms with Crippen LogP contribution in [0.3, 0.4) is 0 Å². The van der Waals surface area contributed by atoms with E-state index in [1.807, 2.05) is 18.2 Å². The van der Waals surface area contributed by atoms with Gasteiger partial charge in [-0.15, -0.1) is 0 Å². The van der Waals surface area contributed by atoms with Crippen LogP contribution in [0.25, 0.3) is 22.1 Å². The van der Waals surface area contributed by atoms with Crippen molar-refractivity contribution in [1.29, 1.82) is 0 Å². The Hall–Kier alpha value is -1.46. The van der Waals surface area contributed by atoms with E-state index in [2.05, 4.69) is 20.9 Å². The molecule has 1 unspecified atom stereocenters. The van der Waals surface area contributed by atoms with E-state index < -0.39 is 0 Å². The van der Waals surface area contributed by atoms with Crippen molar-refractivity contribution < 1.29 is 4.42 Å². The van der Waals surface area contributed by atoms with Gasteiger partial charge in [-0.25, -0.2) is 9.97 Å². The van der Waals surface area contributed by atoms with Gasteiger partial charge in [0.25, 0.3) is 0 Å². The highest BCUT2D eigenvalue weighted by Crippen LogP contribution is 2.34. The summed E-state index contributed by atoms with van der Waals surface area (Å²) in [4.78, 5) is 9.19. The molecule has 1 fully saturated rings. The van der Waals surface area contributed by atoms with Gasteiger partial charge in [0.1, 0.15) is 16.9 Å². The topological polar surface area (TPSA) is 64.9 Å². The second kappa shape index (κ2) is 5.63. The number of rotatable bonds is 2. The van der Waals surface area contributed by atoms with E-state index in [0.717, 1.165) is 26.8 Å². The fourth-order valence-corrected chi connectivity index (χ4v) is 3.77. The fourth-order valence-electron chi connectivity index (χ4n) is 3.41. The number of benzene rings is 1. The maximum Gasteiger partial charge on any atom is 0.172 e. The maximum atomic E-state index is 6.44. The minimum absolute atomic E-state index is 0.0817. The highest BCUT2D eigenvalue weighted by Gasteiger charge is 2.24. The summed E-state index contributed by atoms with van der Waals surface area (Å²) in [6, 6.07) is 5.86. The molecule has 0 bridgehead atoms. The number of hydrogen-bond donors (Lipinski definition) is 1. The lowest BCUT2D eigenvalue weighted by atomic mass is 9.84. The van der Waals surface area contributed by atoms with Crippen molar-refractivity contribution in [1.82, 2.24) is 9.97 Å². The lowest BCUT2D eigenvalue weighted by molar-refractivity contribution is 0.301. The number of aromatic nitrogens is 2. The standard InChI is InChI=1S/C17H18BrN3O/c18-11-6-7-13-12(8-11)16-14(22-13)9-20-17(21-16)15(19)10-4-2-1-3-5-10/h6-10,15H,1-5,19H2. The van der Waals surface area contributed by atoms with Crippen LogP contribution in [-0.4, -0.2) is 9.97 Å². The molecule has 4 nitrogen and oxygen atoms in total. The van der Waals surface area contributed by atoms with Crippen LogP contribution < -0.4 is 5.73 Å². The number of halogens is 1. The molecule has 0 aliphatic heterocycles. The molecular formula is C17H18BrN3O. The van der Waals surface area contributed by atoms with Gasteiger partial charge in [0.15, 0.2) is 5.58 Å². The first-order valence-electron chi connectivity index (χ1n) is 7.82. The van der Waals surface area contributed by atoms with Crippen LogP contribution in [0.2, 0.25) is 0 Å². The van der Waals surface area contributed by atoms with Gasteiger partial charge < -0.3 is 10.2 Å². The Morgan fingerprint density at radius 2 is 2.00 bits per heavy atom. The van der Waals surface area contributed by atoms with Crippen molar-refractivity contribution in [2.75, 3.05) is 0 Å². The van der Waals surface area contributed by atoms with Gasteiger partial charge in [-0.1, -0.05) is 35.2 Å². The smallest absolute Gasteiger partial charge is 0.172 e. The molecule has 1 saturated carbocycles. The van der Waals surface area contributed by atoms with Crippen LogP contribution in [0.15, 0.2) is 33.3 Å². The second-order valence-electron chi connectivity index (χ2n) is 6.11. The van der Waals surface area contributed by atoms with Crippen molar-refractivity contribution in [3.05, 3.63) is 34.7 Å². The SMILES string of the molecule is NC(c1ncc2oc3ccc(Br)cc3c2n1)C1CCCCC1. The molecule has 3 aromatic rings. The van der Waals surface area contributed by atoms with Crippen LogP contribution in [0.4, 0.5) is 0 Å². The number of nitrogens with two attached hydrogens (primary N) is 1. The fraction of sp³-hybridized carbons (Fsp3) is 0.412. The summed E-state index contributed by atoms with van der Waals surface area (Å²) >= 11 is 3.50. The Balaban J connectivity index is 1.78. The van der Waals surface area contributed by atoms with E-state index in [0.29, 0.717) is 11.5 Å².